The van der Waals surface area contributed by atoms with E-state index >= 15 is 0 Å². The Hall–Kier alpha value is -1.89. The molecule has 0 spiro atoms. The highest BCUT2D eigenvalue weighted by atomic mass is 79.9. The Balaban J connectivity index is 1.63. The van der Waals surface area contributed by atoms with E-state index in [1.54, 1.807) is 24.3 Å². The molecule has 1 amide bonds. The number of hydrogen-bond donors (Lipinski definition) is 1. The lowest BCUT2D eigenvalue weighted by molar-refractivity contribution is -0.119. The molecule has 0 aliphatic rings. The van der Waals surface area contributed by atoms with E-state index < -0.39 is 11.9 Å². The van der Waals surface area contributed by atoms with Gasteiger partial charge in [-0.05, 0) is 30.3 Å². The highest BCUT2D eigenvalue weighted by Gasteiger charge is 2.19. The Bertz CT molecular complexity index is 908. The number of ether oxygens (including phenoxy) is 1. The maximum Gasteiger partial charge on any atom is 0.350 e. The molecule has 1 heterocycles. The van der Waals surface area contributed by atoms with Crippen LogP contribution in [-0.4, -0.2) is 18.5 Å². The second kappa shape index (κ2) is 7.34. The Morgan fingerprint density at radius 2 is 1.83 bits per heavy atom. The monoisotopic (exact) mass is 423 g/mol. The summed E-state index contributed by atoms with van der Waals surface area (Å²) in [5.41, 5.74) is 0.624. The fourth-order valence-electron chi connectivity index (χ4n) is 2.07. The van der Waals surface area contributed by atoms with Gasteiger partial charge in [-0.15, -0.1) is 11.3 Å². The first kappa shape index (κ1) is 17.0. The molecule has 1 aromatic heterocycles. The number of benzene rings is 2. The molecule has 3 rings (SSSR count). The number of halogens is 2. The molecular weight excluding hydrogens is 414 g/mol. The summed E-state index contributed by atoms with van der Waals surface area (Å²) in [5.74, 6) is -1.02. The smallest absolute Gasteiger partial charge is 0.350 e. The van der Waals surface area contributed by atoms with Gasteiger partial charge >= 0.3 is 5.97 Å². The van der Waals surface area contributed by atoms with Crippen molar-refractivity contribution in [3.63, 3.8) is 0 Å². The molecule has 7 heteroatoms. The first-order valence-electron chi connectivity index (χ1n) is 6.94. The van der Waals surface area contributed by atoms with Crippen LogP contribution in [0, 0.1) is 0 Å². The minimum absolute atomic E-state index is 0.300. The van der Waals surface area contributed by atoms with E-state index in [4.69, 9.17) is 16.3 Å². The highest BCUT2D eigenvalue weighted by molar-refractivity contribution is 9.10. The van der Waals surface area contributed by atoms with Crippen LogP contribution in [0.25, 0.3) is 10.1 Å². The first-order chi connectivity index (χ1) is 11.5. The zero-order valence-corrected chi connectivity index (χ0v) is 15.4. The van der Waals surface area contributed by atoms with Gasteiger partial charge in [0.05, 0.1) is 5.02 Å². The van der Waals surface area contributed by atoms with Gasteiger partial charge in [0.25, 0.3) is 5.91 Å². The zero-order valence-electron chi connectivity index (χ0n) is 12.2. The van der Waals surface area contributed by atoms with Crippen LogP contribution in [0.4, 0.5) is 5.69 Å². The average molecular weight is 425 g/mol. The number of nitrogens with one attached hydrogen (secondary N) is 1. The van der Waals surface area contributed by atoms with Crippen molar-refractivity contribution in [2.45, 2.75) is 0 Å². The molecule has 0 bridgehead atoms. The predicted molar refractivity (Wildman–Crippen MR) is 99.9 cm³/mol. The number of carbonyl (C=O) groups is 2. The van der Waals surface area contributed by atoms with Crippen LogP contribution in [0.1, 0.15) is 9.67 Å². The topological polar surface area (TPSA) is 55.4 Å². The van der Waals surface area contributed by atoms with Crippen molar-refractivity contribution in [1.29, 1.82) is 0 Å². The number of rotatable bonds is 4. The van der Waals surface area contributed by atoms with Crippen LogP contribution in [0.2, 0.25) is 5.02 Å². The predicted octanol–water partition coefficient (Wildman–Crippen LogP) is 5.11. The van der Waals surface area contributed by atoms with Gasteiger partial charge in [-0.1, -0.05) is 45.7 Å². The summed E-state index contributed by atoms with van der Waals surface area (Å²) in [6.07, 6.45) is 0. The van der Waals surface area contributed by atoms with Crippen molar-refractivity contribution in [2.75, 3.05) is 11.9 Å². The van der Waals surface area contributed by atoms with E-state index in [9.17, 15) is 9.59 Å². The summed E-state index contributed by atoms with van der Waals surface area (Å²) in [7, 11) is 0. The molecule has 0 atom stereocenters. The van der Waals surface area contributed by atoms with Gasteiger partial charge in [0.1, 0.15) is 4.88 Å². The van der Waals surface area contributed by atoms with Crippen molar-refractivity contribution < 1.29 is 14.3 Å². The van der Waals surface area contributed by atoms with Crippen LogP contribution in [-0.2, 0) is 9.53 Å². The molecule has 4 nitrogen and oxygen atoms in total. The Morgan fingerprint density at radius 1 is 1.12 bits per heavy atom. The lowest BCUT2D eigenvalue weighted by Gasteiger charge is -2.06. The maximum atomic E-state index is 12.2. The van der Waals surface area contributed by atoms with E-state index in [0.717, 1.165) is 14.6 Å². The van der Waals surface area contributed by atoms with Gasteiger partial charge in [0.15, 0.2) is 6.61 Å². The second-order valence-electron chi connectivity index (χ2n) is 4.87. The Morgan fingerprint density at radius 3 is 2.54 bits per heavy atom. The van der Waals surface area contributed by atoms with Crippen LogP contribution < -0.4 is 5.32 Å². The SMILES string of the molecule is O=C(COC(=O)c1sc2ccccc2c1Cl)Nc1ccc(Br)cc1. The lowest BCUT2D eigenvalue weighted by atomic mass is 10.2. The fraction of sp³-hybridized carbons (Fsp3) is 0.0588. The molecule has 0 aliphatic heterocycles. The number of thiophene rings is 1. The lowest BCUT2D eigenvalue weighted by Crippen LogP contribution is -2.20. The van der Waals surface area contributed by atoms with Gasteiger partial charge in [-0.25, -0.2) is 4.79 Å². The van der Waals surface area contributed by atoms with E-state index in [0.29, 0.717) is 15.6 Å². The summed E-state index contributed by atoms with van der Waals surface area (Å²) < 4.78 is 6.87. The molecule has 3 aromatic rings. The molecule has 0 aliphatic carbocycles. The molecule has 24 heavy (non-hydrogen) atoms. The van der Waals surface area contributed by atoms with Gasteiger partial charge in [-0.2, -0.15) is 0 Å². The summed E-state index contributed by atoms with van der Waals surface area (Å²) in [4.78, 5) is 24.3. The third-order valence-corrected chi connectivity index (χ3v) is 5.37. The van der Waals surface area contributed by atoms with Crippen LogP contribution in [0.15, 0.2) is 53.0 Å². The number of hydrogen-bond acceptors (Lipinski definition) is 4. The van der Waals surface area contributed by atoms with E-state index in [1.165, 1.54) is 11.3 Å². The van der Waals surface area contributed by atoms with Crippen molar-refractivity contribution >= 4 is 66.5 Å². The van der Waals surface area contributed by atoms with Crippen molar-refractivity contribution in [1.82, 2.24) is 0 Å². The Labute approximate surface area is 155 Å². The van der Waals surface area contributed by atoms with Gasteiger partial charge in [-0.3, -0.25) is 4.79 Å². The molecule has 0 saturated carbocycles. The number of carbonyl (C=O) groups excluding carboxylic acids is 2. The number of anilines is 1. The van der Waals surface area contributed by atoms with Crippen LogP contribution in [0.3, 0.4) is 0 Å². The highest BCUT2D eigenvalue weighted by Crippen LogP contribution is 2.35. The van der Waals surface area contributed by atoms with Gasteiger partial charge in [0.2, 0.25) is 0 Å². The van der Waals surface area contributed by atoms with Crippen molar-refractivity contribution in [2.24, 2.45) is 0 Å². The first-order valence-corrected chi connectivity index (χ1v) is 8.93. The van der Waals surface area contributed by atoms with Crippen molar-refractivity contribution in [3.05, 3.63) is 62.9 Å². The molecule has 0 radical (unpaired) electrons. The molecule has 2 aromatic carbocycles. The van der Waals surface area contributed by atoms with E-state index in [2.05, 4.69) is 21.2 Å². The summed E-state index contributed by atoms with van der Waals surface area (Å²) in [6.45, 7) is -0.376. The molecule has 0 saturated heterocycles. The number of fused-ring (bicyclic) bond motifs is 1. The molecule has 0 unspecified atom stereocenters. The fourth-order valence-corrected chi connectivity index (χ4v) is 3.74. The minimum Gasteiger partial charge on any atom is -0.451 e. The minimum atomic E-state index is -0.604. The quantitative estimate of drug-likeness (QED) is 0.592. The zero-order chi connectivity index (χ0) is 17.1. The normalized spacial score (nSPS) is 10.6. The largest absolute Gasteiger partial charge is 0.451 e. The standard InChI is InChI=1S/C17H11BrClNO3S/c18-10-5-7-11(8-6-10)20-14(21)9-23-17(22)16-15(19)12-3-1-2-4-13(12)24-16/h1-8H,9H2,(H,20,21). The average Bonchev–Trinajstić information content (AvgIpc) is 2.92. The molecular formula is C17H11BrClNO3S. The van der Waals surface area contributed by atoms with Crippen LogP contribution in [0.5, 0.6) is 0 Å². The second-order valence-corrected chi connectivity index (χ2v) is 7.22. The summed E-state index contributed by atoms with van der Waals surface area (Å²) >= 11 is 10.8. The summed E-state index contributed by atoms with van der Waals surface area (Å²) in [6, 6.07) is 14.5. The maximum absolute atomic E-state index is 12.2. The Kier molecular flexibility index (Phi) is 5.18. The summed E-state index contributed by atoms with van der Waals surface area (Å²) in [5, 5.41) is 3.81. The van der Waals surface area contributed by atoms with Gasteiger partial charge < -0.3 is 10.1 Å². The third kappa shape index (κ3) is 3.77. The molecule has 122 valence electrons. The van der Waals surface area contributed by atoms with E-state index in [-0.39, 0.29) is 6.61 Å². The number of esters is 1. The van der Waals surface area contributed by atoms with Gasteiger partial charge in [0, 0.05) is 20.2 Å². The van der Waals surface area contributed by atoms with E-state index in [1.807, 2.05) is 24.3 Å². The number of amides is 1. The third-order valence-electron chi connectivity index (χ3n) is 3.18. The molecule has 0 fully saturated rings. The van der Waals surface area contributed by atoms with Crippen molar-refractivity contribution in [3.8, 4) is 0 Å². The van der Waals surface area contributed by atoms with Crippen LogP contribution >= 0.6 is 38.9 Å². The molecule has 1 N–H and O–H groups in total.